The van der Waals surface area contributed by atoms with E-state index in [1.165, 1.54) is 6.33 Å². The molecule has 0 spiro atoms. The van der Waals surface area contributed by atoms with Crippen LogP contribution in [0.15, 0.2) is 30.7 Å². The van der Waals surface area contributed by atoms with Crippen LogP contribution in [0.4, 0.5) is 10.2 Å². The molecule has 1 saturated heterocycles. The Morgan fingerprint density at radius 2 is 2.04 bits per heavy atom. The Balaban J connectivity index is 1.54. The van der Waals surface area contributed by atoms with Gasteiger partial charge in [-0.25, -0.2) is 19.3 Å². The molecule has 3 heterocycles. The number of rotatable bonds is 5. The van der Waals surface area contributed by atoms with Gasteiger partial charge in [0.15, 0.2) is 11.6 Å². The molecular weight excluding hydrogens is 295 g/mol. The van der Waals surface area contributed by atoms with Gasteiger partial charge in [0.1, 0.15) is 6.33 Å². The second-order valence-electron chi connectivity index (χ2n) is 5.72. The Bertz CT molecular complexity index is 630. The quantitative estimate of drug-likeness (QED) is 0.849. The average molecular weight is 316 g/mol. The number of halogens is 1. The van der Waals surface area contributed by atoms with Crippen molar-refractivity contribution in [1.29, 1.82) is 0 Å². The van der Waals surface area contributed by atoms with Gasteiger partial charge in [0.25, 0.3) is 0 Å². The second kappa shape index (κ2) is 7.35. The minimum atomic E-state index is -0.279. The first-order valence-corrected chi connectivity index (χ1v) is 8.06. The van der Waals surface area contributed by atoms with Crippen molar-refractivity contribution in [3.05, 3.63) is 42.2 Å². The third-order valence-electron chi connectivity index (χ3n) is 4.20. The highest BCUT2D eigenvalue weighted by Crippen LogP contribution is 2.25. The lowest BCUT2D eigenvalue weighted by Gasteiger charge is -2.32. The first kappa shape index (κ1) is 15.6. The summed E-state index contributed by atoms with van der Waals surface area (Å²) in [5.74, 6) is 1.27. The van der Waals surface area contributed by atoms with E-state index in [1.54, 1.807) is 6.20 Å². The first-order chi connectivity index (χ1) is 11.3. The third-order valence-corrected chi connectivity index (χ3v) is 4.20. The van der Waals surface area contributed by atoms with Crippen LogP contribution < -0.4 is 9.64 Å². The van der Waals surface area contributed by atoms with Gasteiger partial charge >= 0.3 is 0 Å². The molecule has 5 nitrogen and oxygen atoms in total. The zero-order chi connectivity index (χ0) is 16.1. The van der Waals surface area contributed by atoms with Crippen LogP contribution in [0.1, 0.15) is 25.5 Å². The number of ether oxygens (including phenoxy) is 1. The largest absolute Gasteiger partial charge is 0.477 e. The monoisotopic (exact) mass is 316 g/mol. The van der Waals surface area contributed by atoms with Crippen molar-refractivity contribution in [2.24, 2.45) is 5.92 Å². The lowest BCUT2D eigenvalue weighted by molar-refractivity contribution is 0.215. The van der Waals surface area contributed by atoms with Crippen LogP contribution in [0.3, 0.4) is 0 Å². The van der Waals surface area contributed by atoms with Gasteiger partial charge < -0.3 is 9.64 Å². The molecule has 23 heavy (non-hydrogen) atoms. The number of aromatic nitrogens is 3. The van der Waals surface area contributed by atoms with Crippen LogP contribution in [0.25, 0.3) is 0 Å². The van der Waals surface area contributed by atoms with Gasteiger partial charge in [0.2, 0.25) is 5.88 Å². The Kier molecular flexibility index (Phi) is 5.00. The molecule has 6 heteroatoms. The molecule has 0 aromatic carbocycles. The summed E-state index contributed by atoms with van der Waals surface area (Å²) < 4.78 is 20.0. The molecule has 0 amide bonds. The molecule has 2 aromatic heterocycles. The number of hydrogen-bond donors (Lipinski definition) is 0. The fourth-order valence-corrected chi connectivity index (χ4v) is 2.81. The maximum atomic E-state index is 14.3. The highest BCUT2D eigenvalue weighted by atomic mass is 19.1. The maximum absolute atomic E-state index is 14.3. The lowest BCUT2D eigenvalue weighted by Crippen LogP contribution is -2.36. The van der Waals surface area contributed by atoms with E-state index in [1.807, 2.05) is 30.0 Å². The molecule has 1 fully saturated rings. The van der Waals surface area contributed by atoms with Gasteiger partial charge in [0, 0.05) is 25.4 Å². The van der Waals surface area contributed by atoms with Gasteiger partial charge in [-0.1, -0.05) is 13.0 Å². The Morgan fingerprint density at radius 1 is 1.22 bits per heavy atom. The third kappa shape index (κ3) is 3.75. The Labute approximate surface area is 135 Å². The summed E-state index contributed by atoms with van der Waals surface area (Å²) in [4.78, 5) is 14.3. The van der Waals surface area contributed by atoms with Crippen LogP contribution in [0.2, 0.25) is 0 Å². The van der Waals surface area contributed by atoms with Crippen molar-refractivity contribution in [3.8, 4) is 5.88 Å². The summed E-state index contributed by atoms with van der Waals surface area (Å²) in [6.07, 6.45) is 5.67. The number of aryl methyl sites for hydroxylation is 1. The van der Waals surface area contributed by atoms with Crippen molar-refractivity contribution in [3.63, 3.8) is 0 Å². The standard InChI is InChI=1S/C17H21FN4O/c1-2-14-16(18)17(21-12-20-14)22-9-6-13(7-10-22)11-23-15-5-3-4-8-19-15/h3-5,8,12-13H,2,6-7,9-11H2,1H3. The van der Waals surface area contributed by atoms with Crippen molar-refractivity contribution in [1.82, 2.24) is 15.0 Å². The molecule has 0 saturated carbocycles. The maximum Gasteiger partial charge on any atom is 0.213 e. The van der Waals surface area contributed by atoms with E-state index >= 15 is 0 Å². The summed E-state index contributed by atoms with van der Waals surface area (Å²) in [5, 5.41) is 0. The van der Waals surface area contributed by atoms with Crippen molar-refractivity contribution < 1.29 is 9.13 Å². The minimum absolute atomic E-state index is 0.279. The van der Waals surface area contributed by atoms with E-state index in [9.17, 15) is 4.39 Å². The van der Waals surface area contributed by atoms with E-state index < -0.39 is 0 Å². The van der Waals surface area contributed by atoms with Crippen molar-refractivity contribution >= 4 is 5.82 Å². The molecule has 1 aliphatic heterocycles. The van der Waals surface area contributed by atoms with Crippen LogP contribution in [-0.2, 0) is 6.42 Å². The Morgan fingerprint density at radius 3 is 2.74 bits per heavy atom. The van der Waals surface area contributed by atoms with E-state index in [4.69, 9.17) is 4.74 Å². The fourth-order valence-electron chi connectivity index (χ4n) is 2.81. The fraction of sp³-hybridized carbons (Fsp3) is 0.471. The summed E-state index contributed by atoms with van der Waals surface area (Å²) in [7, 11) is 0. The van der Waals surface area contributed by atoms with Crippen molar-refractivity contribution in [2.45, 2.75) is 26.2 Å². The zero-order valence-corrected chi connectivity index (χ0v) is 13.3. The Hall–Kier alpha value is -2.24. The predicted octanol–water partition coefficient (Wildman–Crippen LogP) is 2.87. The molecule has 0 unspecified atom stereocenters. The van der Waals surface area contributed by atoms with E-state index in [2.05, 4.69) is 15.0 Å². The molecule has 0 atom stereocenters. The average Bonchev–Trinajstić information content (AvgIpc) is 2.62. The summed E-state index contributed by atoms with van der Waals surface area (Å²) >= 11 is 0. The summed E-state index contributed by atoms with van der Waals surface area (Å²) in [6.45, 7) is 4.12. The number of pyridine rings is 1. The number of hydrogen-bond acceptors (Lipinski definition) is 5. The molecule has 1 aliphatic rings. The molecule has 0 radical (unpaired) electrons. The number of anilines is 1. The summed E-state index contributed by atoms with van der Waals surface area (Å²) in [5.41, 5.74) is 0.482. The highest BCUT2D eigenvalue weighted by molar-refractivity contribution is 5.41. The van der Waals surface area contributed by atoms with Gasteiger partial charge in [-0.2, -0.15) is 0 Å². The van der Waals surface area contributed by atoms with Gasteiger partial charge in [-0.3, -0.25) is 0 Å². The normalized spacial score (nSPS) is 15.7. The molecule has 122 valence electrons. The van der Waals surface area contributed by atoms with Crippen molar-refractivity contribution in [2.75, 3.05) is 24.6 Å². The first-order valence-electron chi connectivity index (χ1n) is 8.06. The van der Waals surface area contributed by atoms with Crippen LogP contribution in [0.5, 0.6) is 5.88 Å². The van der Waals surface area contributed by atoms with Crippen LogP contribution in [-0.4, -0.2) is 34.6 Å². The lowest BCUT2D eigenvalue weighted by atomic mass is 9.98. The predicted molar refractivity (Wildman–Crippen MR) is 86.0 cm³/mol. The molecular formula is C17H21FN4O. The summed E-state index contributed by atoms with van der Waals surface area (Å²) in [6, 6.07) is 5.64. The molecule has 3 rings (SSSR count). The molecule has 0 N–H and O–H groups in total. The number of nitrogens with zero attached hydrogens (tertiary/aromatic N) is 4. The molecule has 0 bridgehead atoms. The van der Waals surface area contributed by atoms with Crippen LogP contribution in [0, 0.1) is 11.7 Å². The van der Waals surface area contributed by atoms with Gasteiger partial charge in [0.05, 0.1) is 12.3 Å². The smallest absolute Gasteiger partial charge is 0.213 e. The molecule has 2 aromatic rings. The zero-order valence-electron chi connectivity index (χ0n) is 13.3. The van der Waals surface area contributed by atoms with Gasteiger partial charge in [-0.15, -0.1) is 0 Å². The number of piperidine rings is 1. The van der Waals surface area contributed by atoms with Crippen LogP contribution >= 0.6 is 0 Å². The second-order valence-corrected chi connectivity index (χ2v) is 5.72. The highest BCUT2D eigenvalue weighted by Gasteiger charge is 2.24. The van der Waals surface area contributed by atoms with E-state index in [0.29, 0.717) is 36.3 Å². The van der Waals surface area contributed by atoms with E-state index in [0.717, 1.165) is 25.9 Å². The SMILES string of the molecule is CCc1ncnc(N2CCC(COc3ccccn3)CC2)c1F. The van der Waals surface area contributed by atoms with Gasteiger partial charge in [-0.05, 0) is 31.2 Å². The topological polar surface area (TPSA) is 51.1 Å². The minimum Gasteiger partial charge on any atom is -0.477 e. The molecule has 0 aliphatic carbocycles. The van der Waals surface area contributed by atoms with E-state index in [-0.39, 0.29) is 5.82 Å².